The van der Waals surface area contributed by atoms with E-state index in [1.165, 1.54) is 0 Å². The van der Waals surface area contributed by atoms with Crippen molar-refractivity contribution in [1.29, 1.82) is 0 Å². The third-order valence-corrected chi connectivity index (χ3v) is 3.28. The number of benzene rings is 1. The summed E-state index contributed by atoms with van der Waals surface area (Å²) >= 11 is 4.39. The Morgan fingerprint density at radius 2 is 2.00 bits per heavy atom. The van der Waals surface area contributed by atoms with Crippen molar-refractivity contribution < 1.29 is 64.3 Å². The van der Waals surface area contributed by atoms with E-state index in [0.717, 1.165) is 21.1 Å². The monoisotopic (exact) mass is 334 g/mol. The summed E-state index contributed by atoms with van der Waals surface area (Å²) in [6.07, 6.45) is 0. The van der Waals surface area contributed by atoms with Crippen molar-refractivity contribution in [2.75, 3.05) is 5.75 Å². The SMILES string of the molecule is C=C(CSc1cccc(Br)c1)[B-](F)(F)F.[K+]. The molecular formula is C9H8BBrF3KS. The van der Waals surface area contributed by atoms with E-state index in [4.69, 9.17) is 0 Å². The van der Waals surface area contributed by atoms with E-state index in [1.54, 1.807) is 18.2 Å². The quantitative estimate of drug-likeness (QED) is 0.594. The van der Waals surface area contributed by atoms with Crippen LogP contribution in [0.15, 0.2) is 45.7 Å². The molecule has 0 spiro atoms. The Hall–Kier alpha value is 1.28. The van der Waals surface area contributed by atoms with Crippen LogP contribution in [0, 0.1) is 0 Å². The van der Waals surface area contributed by atoms with Crippen LogP contribution in [0.2, 0.25) is 0 Å². The molecule has 0 atom stereocenters. The fourth-order valence-corrected chi connectivity index (χ4v) is 2.30. The zero-order valence-electron chi connectivity index (χ0n) is 8.72. The van der Waals surface area contributed by atoms with Gasteiger partial charge in [0.1, 0.15) is 0 Å². The van der Waals surface area contributed by atoms with Crippen molar-refractivity contribution in [3.05, 3.63) is 40.8 Å². The summed E-state index contributed by atoms with van der Waals surface area (Å²) < 4.78 is 37.4. The van der Waals surface area contributed by atoms with Crippen molar-refractivity contribution in [3.8, 4) is 0 Å². The first-order chi connectivity index (χ1) is 6.89. The first-order valence-electron chi connectivity index (χ1n) is 4.15. The van der Waals surface area contributed by atoms with Crippen LogP contribution in [-0.4, -0.2) is 12.7 Å². The summed E-state index contributed by atoms with van der Waals surface area (Å²) in [6, 6.07) is 7.16. The maximum atomic E-state index is 12.2. The standard InChI is InChI=1S/C9H8BBrF3S.K/c1-7(10(12,13)14)6-15-9-4-2-3-8(11)5-9;/h2-5H,1,6H2;/q-1;+1. The van der Waals surface area contributed by atoms with Gasteiger partial charge in [-0.25, -0.2) is 0 Å². The molecule has 7 heteroatoms. The average Bonchev–Trinajstić information content (AvgIpc) is 2.12. The van der Waals surface area contributed by atoms with Crippen LogP contribution in [0.5, 0.6) is 0 Å². The maximum Gasteiger partial charge on any atom is 1.00 e. The van der Waals surface area contributed by atoms with Gasteiger partial charge in [0.2, 0.25) is 0 Å². The fourth-order valence-electron chi connectivity index (χ4n) is 0.827. The molecule has 0 amide bonds. The van der Waals surface area contributed by atoms with Crippen LogP contribution in [0.25, 0.3) is 0 Å². The number of halogens is 4. The molecule has 0 aliphatic rings. The predicted molar refractivity (Wildman–Crippen MR) is 63.1 cm³/mol. The molecule has 0 saturated heterocycles. The number of hydrogen-bond donors (Lipinski definition) is 0. The molecule has 0 heterocycles. The molecule has 1 aromatic carbocycles. The van der Waals surface area contributed by atoms with E-state index in [-0.39, 0.29) is 57.1 Å². The van der Waals surface area contributed by atoms with E-state index in [0.29, 0.717) is 0 Å². The van der Waals surface area contributed by atoms with Gasteiger partial charge in [0.25, 0.3) is 0 Å². The Bertz CT molecular complexity index is 370. The molecule has 0 N–H and O–H groups in total. The van der Waals surface area contributed by atoms with Crippen LogP contribution in [0.3, 0.4) is 0 Å². The zero-order valence-corrected chi connectivity index (χ0v) is 14.2. The Morgan fingerprint density at radius 3 is 2.50 bits per heavy atom. The van der Waals surface area contributed by atoms with E-state index in [1.807, 2.05) is 6.07 Å². The van der Waals surface area contributed by atoms with E-state index in [2.05, 4.69) is 22.5 Å². The first-order valence-corrected chi connectivity index (χ1v) is 5.93. The summed E-state index contributed by atoms with van der Waals surface area (Å²) in [7, 11) is 0. The molecule has 0 saturated carbocycles. The van der Waals surface area contributed by atoms with Gasteiger partial charge in [-0.2, -0.15) is 0 Å². The third-order valence-electron chi connectivity index (χ3n) is 1.68. The normalized spacial score (nSPS) is 10.8. The third kappa shape index (κ3) is 6.28. The molecule has 0 unspecified atom stereocenters. The van der Waals surface area contributed by atoms with Gasteiger partial charge in [-0.1, -0.05) is 22.0 Å². The van der Waals surface area contributed by atoms with E-state index in [9.17, 15) is 12.9 Å². The van der Waals surface area contributed by atoms with Crippen molar-refractivity contribution in [3.63, 3.8) is 0 Å². The van der Waals surface area contributed by atoms with Crippen LogP contribution < -0.4 is 51.4 Å². The number of thioether (sulfide) groups is 1. The number of hydrogen-bond acceptors (Lipinski definition) is 1. The van der Waals surface area contributed by atoms with E-state index >= 15 is 0 Å². The van der Waals surface area contributed by atoms with Crippen molar-refractivity contribution in [2.24, 2.45) is 0 Å². The molecule has 0 nitrogen and oxygen atoms in total. The Labute approximate surface area is 148 Å². The van der Waals surface area contributed by atoms with Gasteiger partial charge in [-0.05, 0) is 24.0 Å². The van der Waals surface area contributed by atoms with Crippen LogP contribution in [0.4, 0.5) is 12.9 Å². The molecule has 1 rings (SSSR count). The summed E-state index contributed by atoms with van der Waals surface area (Å²) in [5, 5.41) is 0. The summed E-state index contributed by atoms with van der Waals surface area (Å²) in [5.41, 5.74) is -0.653. The summed E-state index contributed by atoms with van der Waals surface area (Å²) in [5.74, 6) is -0.111. The largest absolute Gasteiger partial charge is 1.00 e. The van der Waals surface area contributed by atoms with Gasteiger partial charge >= 0.3 is 58.4 Å². The number of rotatable bonds is 4. The molecule has 0 aliphatic carbocycles. The second-order valence-corrected chi connectivity index (χ2v) is 4.94. The molecule has 0 bridgehead atoms. The molecule has 1 aromatic rings. The summed E-state index contributed by atoms with van der Waals surface area (Å²) in [4.78, 5) is 0.797. The van der Waals surface area contributed by atoms with Gasteiger partial charge in [0.05, 0.1) is 0 Å². The Kier molecular flexibility index (Phi) is 8.27. The minimum absolute atomic E-state index is 0. The van der Waals surface area contributed by atoms with Crippen molar-refractivity contribution in [1.82, 2.24) is 0 Å². The Morgan fingerprint density at radius 1 is 1.38 bits per heavy atom. The van der Waals surface area contributed by atoms with Gasteiger partial charge in [-0.3, -0.25) is 0 Å². The van der Waals surface area contributed by atoms with Gasteiger partial charge in [-0.15, -0.1) is 23.8 Å². The zero-order chi connectivity index (χ0) is 11.5. The predicted octanol–water partition coefficient (Wildman–Crippen LogP) is 1.49. The smallest absolute Gasteiger partial charge is 0.445 e. The van der Waals surface area contributed by atoms with Gasteiger partial charge < -0.3 is 12.9 Å². The molecule has 82 valence electrons. The van der Waals surface area contributed by atoms with Crippen molar-refractivity contribution in [2.45, 2.75) is 4.90 Å². The van der Waals surface area contributed by atoms with Crippen LogP contribution in [0.1, 0.15) is 0 Å². The molecule has 0 fully saturated rings. The summed E-state index contributed by atoms with van der Waals surface area (Å²) in [6.45, 7) is -1.87. The topological polar surface area (TPSA) is 0 Å². The van der Waals surface area contributed by atoms with Crippen molar-refractivity contribution >= 4 is 34.7 Å². The first kappa shape index (κ1) is 17.3. The van der Waals surface area contributed by atoms with Crippen LogP contribution in [-0.2, 0) is 0 Å². The molecule has 0 aromatic heterocycles. The Balaban J connectivity index is 0.00000225. The average molecular weight is 335 g/mol. The molecular weight excluding hydrogens is 327 g/mol. The molecule has 0 aliphatic heterocycles. The molecule has 16 heavy (non-hydrogen) atoms. The second-order valence-electron chi connectivity index (χ2n) is 2.98. The molecule has 0 radical (unpaired) electrons. The van der Waals surface area contributed by atoms with Crippen LogP contribution >= 0.6 is 27.7 Å². The fraction of sp³-hybridized carbons (Fsp3) is 0.111. The van der Waals surface area contributed by atoms with Gasteiger partial charge in [0, 0.05) is 9.37 Å². The minimum Gasteiger partial charge on any atom is -0.445 e. The minimum atomic E-state index is -4.91. The second kappa shape index (κ2) is 7.66. The maximum absolute atomic E-state index is 12.2. The van der Waals surface area contributed by atoms with E-state index < -0.39 is 12.4 Å². The van der Waals surface area contributed by atoms with Gasteiger partial charge in [0.15, 0.2) is 0 Å².